The third-order valence-electron chi connectivity index (χ3n) is 2.67. The van der Waals surface area contributed by atoms with Crippen LogP contribution in [-0.2, 0) is 11.8 Å². The molecule has 0 aliphatic rings. The summed E-state index contributed by atoms with van der Waals surface area (Å²) < 4.78 is 3.67. The fraction of sp³-hybridized carbons (Fsp3) is 0.500. The number of hydrogen-bond acceptors (Lipinski definition) is 6. The SMILES string of the molecule is Cc1nnc(SCC(=O)O)n1C(C)c1nncn1C. The maximum Gasteiger partial charge on any atom is 0.313 e. The monoisotopic (exact) mass is 282 g/mol. The van der Waals surface area contributed by atoms with E-state index in [4.69, 9.17) is 5.11 Å². The molecular weight excluding hydrogens is 268 g/mol. The standard InChI is InChI=1S/C10H14N6O2S/c1-6(9-13-11-5-15(9)3)16-7(2)12-14-10(16)19-4-8(17)18/h5-6H,4H2,1-3H3,(H,17,18). The van der Waals surface area contributed by atoms with Crippen molar-refractivity contribution >= 4 is 17.7 Å². The fourth-order valence-corrected chi connectivity index (χ4v) is 2.59. The molecule has 0 aromatic carbocycles. The summed E-state index contributed by atoms with van der Waals surface area (Å²) in [7, 11) is 1.86. The van der Waals surface area contributed by atoms with E-state index in [9.17, 15) is 4.79 Å². The van der Waals surface area contributed by atoms with Gasteiger partial charge < -0.3 is 9.67 Å². The van der Waals surface area contributed by atoms with Gasteiger partial charge in [-0.15, -0.1) is 20.4 Å². The first-order chi connectivity index (χ1) is 9.00. The average Bonchev–Trinajstić information content (AvgIpc) is 2.92. The minimum absolute atomic E-state index is 0.0519. The van der Waals surface area contributed by atoms with Crippen LogP contribution in [0, 0.1) is 6.92 Å². The second-order valence-corrected chi connectivity index (χ2v) is 5.00. The Morgan fingerprint density at radius 1 is 1.47 bits per heavy atom. The lowest BCUT2D eigenvalue weighted by Gasteiger charge is -2.15. The summed E-state index contributed by atoms with van der Waals surface area (Å²) in [6, 6.07) is -0.112. The number of carboxylic acid groups (broad SMARTS) is 1. The Hall–Kier alpha value is -1.90. The molecule has 0 saturated heterocycles. The Morgan fingerprint density at radius 2 is 2.21 bits per heavy atom. The zero-order valence-electron chi connectivity index (χ0n) is 10.8. The molecule has 0 aliphatic heterocycles. The fourth-order valence-electron chi connectivity index (χ4n) is 1.81. The molecular formula is C10H14N6O2S. The van der Waals surface area contributed by atoms with Gasteiger partial charge in [0.2, 0.25) is 0 Å². The van der Waals surface area contributed by atoms with E-state index in [1.807, 2.05) is 30.0 Å². The first-order valence-corrected chi connectivity index (χ1v) is 6.59. The smallest absolute Gasteiger partial charge is 0.313 e. The molecule has 0 radical (unpaired) electrons. The number of thioether (sulfide) groups is 1. The zero-order chi connectivity index (χ0) is 14.0. The van der Waals surface area contributed by atoms with Crippen LogP contribution in [0.4, 0.5) is 0 Å². The highest BCUT2D eigenvalue weighted by Gasteiger charge is 2.20. The number of nitrogens with zero attached hydrogens (tertiary/aromatic N) is 6. The van der Waals surface area contributed by atoms with Gasteiger partial charge >= 0.3 is 5.97 Å². The number of hydrogen-bond donors (Lipinski definition) is 1. The second-order valence-electron chi connectivity index (χ2n) is 4.06. The van der Waals surface area contributed by atoms with Crippen LogP contribution in [-0.4, -0.2) is 46.4 Å². The molecule has 2 aromatic rings. The van der Waals surface area contributed by atoms with Crippen molar-refractivity contribution < 1.29 is 9.90 Å². The summed E-state index contributed by atoms with van der Waals surface area (Å²) in [5.74, 6) is 0.538. The topological polar surface area (TPSA) is 98.7 Å². The van der Waals surface area contributed by atoms with Crippen molar-refractivity contribution in [3.63, 3.8) is 0 Å². The predicted molar refractivity (Wildman–Crippen MR) is 67.9 cm³/mol. The number of aromatic nitrogens is 6. The van der Waals surface area contributed by atoms with E-state index in [-0.39, 0.29) is 11.8 Å². The van der Waals surface area contributed by atoms with Crippen LogP contribution in [0.25, 0.3) is 0 Å². The molecule has 1 unspecified atom stereocenters. The molecule has 0 bridgehead atoms. The van der Waals surface area contributed by atoms with Crippen molar-refractivity contribution in [3.8, 4) is 0 Å². The van der Waals surface area contributed by atoms with Gasteiger partial charge in [0.15, 0.2) is 11.0 Å². The highest BCUT2D eigenvalue weighted by atomic mass is 32.2. The molecule has 2 rings (SSSR count). The zero-order valence-corrected chi connectivity index (χ0v) is 11.6. The van der Waals surface area contributed by atoms with Gasteiger partial charge in [-0.2, -0.15) is 0 Å². The Balaban J connectivity index is 2.31. The molecule has 19 heavy (non-hydrogen) atoms. The molecule has 2 heterocycles. The van der Waals surface area contributed by atoms with Crippen molar-refractivity contribution in [2.45, 2.75) is 25.0 Å². The van der Waals surface area contributed by atoms with Crippen molar-refractivity contribution in [3.05, 3.63) is 18.0 Å². The van der Waals surface area contributed by atoms with Crippen LogP contribution in [0.15, 0.2) is 11.5 Å². The Labute approximate surface area is 113 Å². The van der Waals surface area contributed by atoms with Gasteiger partial charge in [0.25, 0.3) is 0 Å². The minimum Gasteiger partial charge on any atom is -0.481 e. The number of aliphatic carboxylic acids is 1. The lowest BCUT2D eigenvalue weighted by atomic mass is 10.3. The molecule has 1 N–H and O–H groups in total. The normalized spacial score (nSPS) is 12.6. The van der Waals surface area contributed by atoms with E-state index < -0.39 is 5.97 Å². The van der Waals surface area contributed by atoms with E-state index >= 15 is 0 Å². The van der Waals surface area contributed by atoms with Crippen molar-refractivity contribution in [2.24, 2.45) is 7.05 Å². The molecule has 8 nitrogen and oxygen atoms in total. The molecule has 0 spiro atoms. The Morgan fingerprint density at radius 3 is 2.79 bits per heavy atom. The largest absolute Gasteiger partial charge is 0.481 e. The van der Waals surface area contributed by atoms with E-state index in [0.29, 0.717) is 11.0 Å². The van der Waals surface area contributed by atoms with Gasteiger partial charge in [-0.05, 0) is 13.8 Å². The molecule has 2 aromatic heterocycles. The lowest BCUT2D eigenvalue weighted by molar-refractivity contribution is -0.133. The van der Waals surface area contributed by atoms with Gasteiger partial charge in [-0.3, -0.25) is 9.36 Å². The summed E-state index contributed by atoms with van der Waals surface area (Å²) in [6.07, 6.45) is 1.62. The maximum atomic E-state index is 10.6. The molecule has 102 valence electrons. The van der Waals surface area contributed by atoms with Gasteiger partial charge in [-0.25, -0.2) is 0 Å². The lowest BCUT2D eigenvalue weighted by Crippen LogP contribution is -2.15. The first-order valence-electron chi connectivity index (χ1n) is 5.60. The number of rotatable bonds is 5. The third kappa shape index (κ3) is 2.75. The number of carboxylic acids is 1. The molecule has 0 aliphatic carbocycles. The van der Waals surface area contributed by atoms with E-state index in [1.54, 1.807) is 6.33 Å². The highest BCUT2D eigenvalue weighted by molar-refractivity contribution is 7.99. The van der Waals surface area contributed by atoms with Gasteiger partial charge in [-0.1, -0.05) is 11.8 Å². The quantitative estimate of drug-likeness (QED) is 0.797. The van der Waals surface area contributed by atoms with E-state index in [2.05, 4.69) is 20.4 Å². The number of aryl methyl sites for hydroxylation is 2. The van der Waals surface area contributed by atoms with Crippen LogP contribution in [0.1, 0.15) is 24.6 Å². The summed E-state index contributed by atoms with van der Waals surface area (Å²) in [5.41, 5.74) is 0. The molecule has 1 atom stereocenters. The Bertz CT molecular complexity index is 593. The summed E-state index contributed by atoms with van der Waals surface area (Å²) in [4.78, 5) is 10.6. The van der Waals surface area contributed by atoms with Crippen LogP contribution in [0.2, 0.25) is 0 Å². The minimum atomic E-state index is -0.886. The van der Waals surface area contributed by atoms with Gasteiger partial charge in [0, 0.05) is 7.05 Å². The first kappa shape index (κ1) is 13.5. The molecule has 9 heteroatoms. The predicted octanol–water partition coefficient (Wildman–Crippen LogP) is 0.501. The maximum absolute atomic E-state index is 10.6. The summed E-state index contributed by atoms with van der Waals surface area (Å²) in [5, 5.41) is 25.2. The molecule has 0 fully saturated rings. The van der Waals surface area contributed by atoms with E-state index in [0.717, 1.165) is 17.6 Å². The average molecular weight is 282 g/mol. The molecule has 0 amide bonds. The second kappa shape index (κ2) is 5.39. The van der Waals surface area contributed by atoms with Crippen molar-refractivity contribution in [2.75, 3.05) is 5.75 Å². The van der Waals surface area contributed by atoms with Crippen LogP contribution >= 0.6 is 11.8 Å². The van der Waals surface area contributed by atoms with Gasteiger partial charge in [0.05, 0.1) is 11.8 Å². The molecule has 0 saturated carbocycles. The van der Waals surface area contributed by atoms with E-state index in [1.165, 1.54) is 0 Å². The van der Waals surface area contributed by atoms with Crippen LogP contribution in [0.5, 0.6) is 0 Å². The summed E-state index contributed by atoms with van der Waals surface area (Å²) in [6.45, 7) is 3.77. The Kier molecular flexibility index (Phi) is 3.84. The van der Waals surface area contributed by atoms with Crippen LogP contribution in [0.3, 0.4) is 0 Å². The van der Waals surface area contributed by atoms with Gasteiger partial charge in [0.1, 0.15) is 12.2 Å². The highest BCUT2D eigenvalue weighted by Crippen LogP contribution is 2.24. The third-order valence-corrected chi connectivity index (χ3v) is 3.59. The number of carbonyl (C=O) groups is 1. The van der Waals surface area contributed by atoms with Crippen molar-refractivity contribution in [1.29, 1.82) is 0 Å². The summed E-state index contributed by atoms with van der Waals surface area (Å²) >= 11 is 1.14. The van der Waals surface area contributed by atoms with Crippen LogP contribution < -0.4 is 0 Å². The van der Waals surface area contributed by atoms with Crippen molar-refractivity contribution in [1.82, 2.24) is 29.5 Å².